The Morgan fingerprint density at radius 3 is 2.95 bits per heavy atom. The highest BCUT2D eigenvalue weighted by Crippen LogP contribution is 2.33. The normalized spacial score (nSPS) is 27.3. The van der Waals surface area contributed by atoms with Crippen LogP contribution in [0, 0.1) is 23.0 Å². The van der Waals surface area contributed by atoms with E-state index in [1.165, 1.54) is 12.8 Å². The van der Waals surface area contributed by atoms with E-state index in [-0.39, 0.29) is 16.7 Å². The van der Waals surface area contributed by atoms with Crippen LogP contribution in [-0.2, 0) is 0 Å². The number of piperidine rings is 1. The van der Waals surface area contributed by atoms with Crippen LogP contribution in [0.4, 0.5) is 5.69 Å². The lowest BCUT2D eigenvalue weighted by atomic mass is 9.94. The first-order valence-corrected chi connectivity index (χ1v) is 7.78. The molecule has 2 aliphatic heterocycles. The van der Waals surface area contributed by atoms with Gasteiger partial charge in [-0.3, -0.25) is 15.0 Å². The number of hydrogen-bond acceptors (Lipinski definition) is 4. The second-order valence-corrected chi connectivity index (χ2v) is 6.40. The quantitative estimate of drug-likeness (QED) is 0.686. The van der Waals surface area contributed by atoms with Crippen LogP contribution < -0.4 is 5.32 Å². The van der Waals surface area contributed by atoms with Crippen molar-refractivity contribution in [3.8, 4) is 0 Å². The number of benzene rings is 1. The van der Waals surface area contributed by atoms with Crippen molar-refractivity contribution in [3.05, 3.63) is 39.4 Å². The van der Waals surface area contributed by atoms with E-state index >= 15 is 0 Å². The van der Waals surface area contributed by atoms with Crippen molar-refractivity contribution in [3.63, 3.8) is 0 Å². The van der Waals surface area contributed by atoms with Gasteiger partial charge < -0.3 is 5.32 Å². The van der Waals surface area contributed by atoms with E-state index < -0.39 is 0 Å². The molecule has 21 heavy (non-hydrogen) atoms. The van der Waals surface area contributed by atoms with E-state index in [0.717, 1.165) is 36.7 Å². The van der Waals surface area contributed by atoms with Crippen molar-refractivity contribution in [1.29, 1.82) is 0 Å². The molecule has 2 saturated heterocycles. The predicted molar refractivity (Wildman–Crippen MR) is 82.3 cm³/mol. The minimum Gasteiger partial charge on any atom is -0.312 e. The maximum Gasteiger partial charge on any atom is 0.272 e. The molecule has 0 spiro atoms. The van der Waals surface area contributed by atoms with Crippen LogP contribution in [0.1, 0.15) is 36.9 Å². The molecule has 0 aliphatic carbocycles. The number of rotatable bonds is 3. The molecule has 1 N–H and O–H groups in total. The third kappa shape index (κ3) is 2.80. The second kappa shape index (κ2) is 5.73. The molecular formula is C16H23N3O2. The van der Waals surface area contributed by atoms with Crippen molar-refractivity contribution >= 4 is 5.69 Å². The van der Waals surface area contributed by atoms with Crippen LogP contribution in [0.2, 0.25) is 0 Å². The minimum absolute atomic E-state index is 0.231. The maximum atomic E-state index is 11.1. The van der Waals surface area contributed by atoms with Crippen molar-refractivity contribution < 1.29 is 4.92 Å². The average molecular weight is 289 g/mol. The van der Waals surface area contributed by atoms with Gasteiger partial charge in [-0.25, -0.2) is 0 Å². The molecule has 0 bridgehead atoms. The molecule has 1 aromatic carbocycles. The Labute approximate surface area is 125 Å². The standard InChI is InChI=1S/C16H23N3O2/c1-11-5-6-13(8-16(11)19(20)21)12(2)18-9-14-4-3-7-17-15(14)10-18/h5-6,8,12,14-15,17H,3-4,7,9-10H2,1-2H3/t12?,14-,15+/m0/s1. The monoisotopic (exact) mass is 289 g/mol. The fourth-order valence-electron chi connectivity index (χ4n) is 3.69. The molecule has 0 amide bonds. The molecule has 5 nitrogen and oxygen atoms in total. The molecule has 0 saturated carbocycles. The van der Waals surface area contributed by atoms with Gasteiger partial charge in [-0.15, -0.1) is 0 Å². The van der Waals surface area contributed by atoms with Crippen LogP contribution in [-0.4, -0.2) is 35.5 Å². The third-order valence-electron chi connectivity index (χ3n) is 5.09. The summed E-state index contributed by atoms with van der Waals surface area (Å²) in [5, 5.41) is 14.7. The topological polar surface area (TPSA) is 58.4 Å². The van der Waals surface area contributed by atoms with E-state index in [1.807, 2.05) is 12.1 Å². The smallest absolute Gasteiger partial charge is 0.272 e. The second-order valence-electron chi connectivity index (χ2n) is 6.40. The fourth-order valence-corrected chi connectivity index (χ4v) is 3.69. The summed E-state index contributed by atoms with van der Waals surface area (Å²) in [4.78, 5) is 13.3. The molecule has 2 heterocycles. The molecule has 0 radical (unpaired) electrons. The molecule has 2 fully saturated rings. The van der Waals surface area contributed by atoms with Crippen molar-refractivity contribution in [2.75, 3.05) is 19.6 Å². The van der Waals surface area contributed by atoms with Gasteiger partial charge >= 0.3 is 0 Å². The number of nitrogens with one attached hydrogen (secondary N) is 1. The Bertz CT molecular complexity index is 532. The number of nitro groups is 1. The molecule has 0 aromatic heterocycles. The number of nitrogens with zero attached hydrogens (tertiary/aromatic N) is 2. The molecular weight excluding hydrogens is 266 g/mol. The van der Waals surface area contributed by atoms with E-state index in [1.54, 1.807) is 13.0 Å². The third-order valence-corrected chi connectivity index (χ3v) is 5.09. The van der Waals surface area contributed by atoms with E-state index in [0.29, 0.717) is 6.04 Å². The van der Waals surface area contributed by atoms with Gasteiger partial charge in [-0.1, -0.05) is 12.1 Å². The zero-order chi connectivity index (χ0) is 15.0. The Balaban J connectivity index is 1.78. The summed E-state index contributed by atoms with van der Waals surface area (Å²) in [5.41, 5.74) is 2.01. The highest BCUT2D eigenvalue weighted by Gasteiger charge is 2.36. The Morgan fingerprint density at radius 2 is 2.24 bits per heavy atom. The first-order valence-electron chi connectivity index (χ1n) is 7.78. The number of likely N-dealkylation sites (tertiary alicyclic amines) is 1. The van der Waals surface area contributed by atoms with E-state index in [9.17, 15) is 10.1 Å². The van der Waals surface area contributed by atoms with Crippen molar-refractivity contribution in [2.24, 2.45) is 5.92 Å². The van der Waals surface area contributed by atoms with Crippen LogP contribution in [0.5, 0.6) is 0 Å². The van der Waals surface area contributed by atoms with Gasteiger partial charge in [0, 0.05) is 36.8 Å². The lowest BCUT2D eigenvalue weighted by molar-refractivity contribution is -0.385. The van der Waals surface area contributed by atoms with Crippen LogP contribution >= 0.6 is 0 Å². The van der Waals surface area contributed by atoms with E-state index in [4.69, 9.17) is 0 Å². The van der Waals surface area contributed by atoms with E-state index in [2.05, 4.69) is 17.1 Å². The lowest BCUT2D eigenvalue weighted by Crippen LogP contribution is -2.40. The van der Waals surface area contributed by atoms with Crippen LogP contribution in [0.25, 0.3) is 0 Å². The Morgan fingerprint density at radius 1 is 1.43 bits per heavy atom. The van der Waals surface area contributed by atoms with Gasteiger partial charge in [-0.2, -0.15) is 0 Å². The van der Waals surface area contributed by atoms with Gasteiger partial charge in [0.1, 0.15) is 0 Å². The molecule has 1 unspecified atom stereocenters. The van der Waals surface area contributed by atoms with Gasteiger partial charge in [-0.05, 0) is 44.7 Å². The number of nitro benzene ring substituents is 1. The van der Waals surface area contributed by atoms with Crippen molar-refractivity contribution in [2.45, 2.75) is 38.8 Å². The predicted octanol–water partition coefficient (Wildman–Crippen LogP) is 2.65. The molecule has 5 heteroatoms. The lowest BCUT2D eigenvalue weighted by Gasteiger charge is -2.25. The number of hydrogen-bond donors (Lipinski definition) is 1. The molecule has 114 valence electrons. The van der Waals surface area contributed by atoms with Gasteiger partial charge in [0.05, 0.1) is 4.92 Å². The van der Waals surface area contributed by atoms with Gasteiger partial charge in [0.15, 0.2) is 0 Å². The Kier molecular flexibility index (Phi) is 3.95. The molecule has 3 atom stereocenters. The van der Waals surface area contributed by atoms with Crippen LogP contribution in [0.15, 0.2) is 18.2 Å². The minimum atomic E-state index is -0.281. The first-order chi connectivity index (χ1) is 10.1. The zero-order valence-corrected chi connectivity index (χ0v) is 12.7. The number of fused-ring (bicyclic) bond motifs is 1. The summed E-state index contributed by atoms with van der Waals surface area (Å²) >= 11 is 0. The van der Waals surface area contributed by atoms with Crippen LogP contribution in [0.3, 0.4) is 0 Å². The summed E-state index contributed by atoms with van der Waals surface area (Å²) < 4.78 is 0. The molecule has 3 rings (SSSR count). The summed E-state index contributed by atoms with van der Waals surface area (Å²) in [6.45, 7) is 7.22. The van der Waals surface area contributed by atoms with Gasteiger partial charge in [0.25, 0.3) is 5.69 Å². The zero-order valence-electron chi connectivity index (χ0n) is 12.7. The SMILES string of the molecule is Cc1ccc(C(C)N2C[C@@H]3CCCN[C@@H]3C2)cc1[N+](=O)[O-]. The summed E-state index contributed by atoms with van der Waals surface area (Å²) in [5.74, 6) is 0.738. The summed E-state index contributed by atoms with van der Waals surface area (Å²) in [6, 6.07) is 6.47. The molecule has 2 aliphatic rings. The summed E-state index contributed by atoms with van der Waals surface area (Å²) in [7, 11) is 0. The highest BCUT2D eigenvalue weighted by atomic mass is 16.6. The van der Waals surface area contributed by atoms with Gasteiger partial charge in [0.2, 0.25) is 0 Å². The van der Waals surface area contributed by atoms with Crippen molar-refractivity contribution in [1.82, 2.24) is 10.2 Å². The largest absolute Gasteiger partial charge is 0.312 e. The highest BCUT2D eigenvalue weighted by molar-refractivity contribution is 5.43. The average Bonchev–Trinajstić information content (AvgIpc) is 2.90. The number of aryl methyl sites for hydroxylation is 1. The Hall–Kier alpha value is -1.46. The summed E-state index contributed by atoms with van der Waals surface area (Å²) in [6.07, 6.45) is 2.56. The first kappa shape index (κ1) is 14.5. The fraction of sp³-hybridized carbons (Fsp3) is 0.625. The molecule has 1 aromatic rings. The maximum absolute atomic E-state index is 11.1.